The molecule has 0 spiro atoms. The molecule has 1 nitrogen and oxygen atoms in total. The van der Waals surface area contributed by atoms with Crippen molar-refractivity contribution in [3.63, 3.8) is 0 Å². The van der Waals surface area contributed by atoms with E-state index >= 15 is 0 Å². The van der Waals surface area contributed by atoms with E-state index in [1.807, 2.05) is 12.2 Å². The van der Waals surface area contributed by atoms with E-state index in [-0.39, 0.29) is 0 Å². The Morgan fingerprint density at radius 3 is 2.20 bits per heavy atom. The molecule has 0 N–H and O–H groups in total. The minimum atomic E-state index is -0.597. The van der Waals surface area contributed by atoms with Crippen molar-refractivity contribution in [2.75, 3.05) is 0 Å². The molecular formula is C45H30O. The summed E-state index contributed by atoms with van der Waals surface area (Å²) in [7, 11) is 0. The van der Waals surface area contributed by atoms with Gasteiger partial charge >= 0.3 is 0 Å². The second-order valence-corrected chi connectivity index (χ2v) is 12.0. The number of benzene rings is 7. The highest BCUT2D eigenvalue weighted by Crippen LogP contribution is 2.61. The molecule has 0 fully saturated rings. The second kappa shape index (κ2) is 10.3. The molecule has 7 aromatic rings. The summed E-state index contributed by atoms with van der Waals surface area (Å²) in [5.74, 6) is 1.77. The van der Waals surface area contributed by atoms with Gasteiger partial charge in [0, 0.05) is 10.9 Å². The van der Waals surface area contributed by atoms with Gasteiger partial charge in [-0.1, -0.05) is 158 Å². The Morgan fingerprint density at radius 2 is 1.30 bits per heavy atom. The maximum Gasteiger partial charge on any atom is 0.135 e. The second-order valence-electron chi connectivity index (χ2n) is 12.0. The van der Waals surface area contributed by atoms with Gasteiger partial charge in [-0.2, -0.15) is 0 Å². The van der Waals surface area contributed by atoms with Gasteiger partial charge < -0.3 is 4.74 Å². The van der Waals surface area contributed by atoms with Crippen LogP contribution >= 0.6 is 0 Å². The third kappa shape index (κ3) is 3.69. The third-order valence-electron chi connectivity index (χ3n) is 9.72. The van der Waals surface area contributed by atoms with E-state index < -0.39 is 5.41 Å². The van der Waals surface area contributed by atoms with E-state index in [9.17, 15) is 0 Å². The van der Waals surface area contributed by atoms with Crippen LogP contribution in [-0.4, -0.2) is 0 Å². The fraction of sp³-hybridized carbons (Fsp3) is 0.0222. The van der Waals surface area contributed by atoms with Crippen LogP contribution in [0.1, 0.15) is 22.3 Å². The van der Waals surface area contributed by atoms with Gasteiger partial charge in [-0.05, 0) is 78.9 Å². The molecule has 1 heterocycles. The van der Waals surface area contributed by atoms with Crippen molar-refractivity contribution in [3.8, 4) is 33.8 Å². The molecule has 216 valence electrons. The summed E-state index contributed by atoms with van der Waals surface area (Å²) in [5, 5.41) is 4.84. The zero-order valence-corrected chi connectivity index (χ0v) is 25.3. The number of rotatable bonds is 5. The predicted molar refractivity (Wildman–Crippen MR) is 192 cm³/mol. The lowest BCUT2D eigenvalue weighted by atomic mass is 9.64. The molecule has 1 atom stereocenters. The molecule has 0 saturated heterocycles. The predicted octanol–water partition coefficient (Wildman–Crippen LogP) is 11.9. The molecule has 0 amide bonds. The topological polar surface area (TPSA) is 9.23 Å². The van der Waals surface area contributed by atoms with Crippen LogP contribution in [0.2, 0.25) is 0 Å². The minimum absolute atomic E-state index is 0.597. The number of ether oxygens (including phenoxy) is 1. The molecule has 0 aromatic heterocycles. The fourth-order valence-corrected chi connectivity index (χ4v) is 7.90. The lowest BCUT2D eigenvalue weighted by Crippen LogP contribution is -2.29. The molecule has 1 heteroatoms. The van der Waals surface area contributed by atoms with Crippen LogP contribution in [0.25, 0.3) is 49.4 Å². The fourth-order valence-electron chi connectivity index (χ4n) is 7.90. The Hall–Kier alpha value is -5.92. The van der Waals surface area contributed by atoms with E-state index in [0.29, 0.717) is 0 Å². The van der Waals surface area contributed by atoms with Gasteiger partial charge in [0.25, 0.3) is 0 Å². The first-order valence-electron chi connectivity index (χ1n) is 15.8. The number of hydrogen-bond acceptors (Lipinski definition) is 1. The summed E-state index contributed by atoms with van der Waals surface area (Å²) in [5.41, 5.74) is 10.4. The van der Waals surface area contributed by atoms with Crippen LogP contribution in [0, 0.1) is 0 Å². The third-order valence-corrected chi connectivity index (χ3v) is 9.72. The van der Waals surface area contributed by atoms with Gasteiger partial charge in [0.15, 0.2) is 0 Å². The Kier molecular flexibility index (Phi) is 5.94. The van der Waals surface area contributed by atoms with Crippen LogP contribution in [-0.2, 0) is 5.41 Å². The quantitative estimate of drug-likeness (QED) is 0.182. The first-order valence-corrected chi connectivity index (χ1v) is 15.8. The maximum atomic E-state index is 6.72. The maximum absolute atomic E-state index is 6.72. The average Bonchev–Trinajstić information content (AvgIpc) is 3.42. The molecule has 1 aliphatic carbocycles. The van der Waals surface area contributed by atoms with Crippen molar-refractivity contribution in [2.24, 2.45) is 0 Å². The van der Waals surface area contributed by atoms with Gasteiger partial charge in [-0.15, -0.1) is 0 Å². The summed E-state index contributed by atoms with van der Waals surface area (Å²) < 4.78 is 6.72. The van der Waals surface area contributed by atoms with Crippen molar-refractivity contribution >= 4 is 27.1 Å². The van der Waals surface area contributed by atoms with E-state index in [1.54, 1.807) is 0 Å². The lowest BCUT2D eigenvalue weighted by molar-refractivity contribution is 0.487. The molecule has 9 rings (SSSR count). The molecule has 7 aromatic carbocycles. The molecular weight excluding hydrogens is 556 g/mol. The van der Waals surface area contributed by atoms with Crippen LogP contribution in [0.5, 0.6) is 11.5 Å². The van der Waals surface area contributed by atoms with Gasteiger partial charge in [-0.25, -0.2) is 0 Å². The van der Waals surface area contributed by atoms with Crippen LogP contribution in [0.4, 0.5) is 0 Å². The van der Waals surface area contributed by atoms with Crippen LogP contribution < -0.4 is 4.74 Å². The van der Waals surface area contributed by atoms with Crippen molar-refractivity contribution in [3.05, 3.63) is 199 Å². The highest BCUT2D eigenvalue weighted by Gasteiger charge is 2.48. The monoisotopic (exact) mass is 586 g/mol. The smallest absolute Gasteiger partial charge is 0.135 e. The zero-order chi connectivity index (χ0) is 30.7. The highest BCUT2D eigenvalue weighted by atomic mass is 16.5. The summed E-state index contributed by atoms with van der Waals surface area (Å²) >= 11 is 0. The normalized spacial score (nSPS) is 16.2. The van der Waals surface area contributed by atoms with Crippen molar-refractivity contribution < 1.29 is 4.74 Å². The van der Waals surface area contributed by atoms with E-state index in [1.165, 1.54) is 60.5 Å². The van der Waals surface area contributed by atoms with E-state index in [0.717, 1.165) is 22.6 Å². The Morgan fingerprint density at radius 1 is 0.565 bits per heavy atom. The standard InChI is InChI=1S/C45H30O/c1-2-3-5-22-39(32-26-27-36-37-21-12-15-31-16-13-24-41(43(31)37)46-42(36)29-32)45(33-17-6-4-7-18-33)40-23-11-10-20-35(40)38-28-25-30-14-8-9-19-34(30)44(38)45/h2-29H,1H2/b5-3-,39-22+. The molecule has 0 radical (unpaired) electrons. The van der Waals surface area contributed by atoms with Crippen LogP contribution in [0.3, 0.4) is 0 Å². The largest absolute Gasteiger partial charge is 0.456 e. The summed E-state index contributed by atoms with van der Waals surface area (Å²) in [4.78, 5) is 0. The van der Waals surface area contributed by atoms with Crippen molar-refractivity contribution in [2.45, 2.75) is 5.41 Å². The summed E-state index contributed by atoms with van der Waals surface area (Å²) in [6, 6.07) is 52.8. The molecule has 46 heavy (non-hydrogen) atoms. The highest BCUT2D eigenvalue weighted by molar-refractivity contribution is 6.07. The summed E-state index contributed by atoms with van der Waals surface area (Å²) in [6.45, 7) is 3.98. The Bertz CT molecular complexity index is 2400. The van der Waals surface area contributed by atoms with Crippen molar-refractivity contribution in [1.29, 1.82) is 0 Å². The Labute approximate surface area is 269 Å². The molecule has 0 saturated carbocycles. The number of allylic oxidation sites excluding steroid dienone is 5. The summed E-state index contributed by atoms with van der Waals surface area (Å²) in [6.07, 6.45) is 8.24. The van der Waals surface area contributed by atoms with Gasteiger partial charge in [0.05, 0.1) is 5.41 Å². The number of fused-ring (bicyclic) bond motifs is 7. The number of hydrogen-bond donors (Lipinski definition) is 0. The first kappa shape index (κ1) is 26.5. The van der Waals surface area contributed by atoms with Crippen molar-refractivity contribution in [1.82, 2.24) is 0 Å². The Balaban J connectivity index is 1.39. The van der Waals surface area contributed by atoms with Gasteiger partial charge in [0.2, 0.25) is 0 Å². The van der Waals surface area contributed by atoms with Gasteiger partial charge in [-0.3, -0.25) is 0 Å². The molecule has 2 aliphatic rings. The molecule has 1 aliphatic heterocycles. The first-order chi connectivity index (χ1) is 22.8. The minimum Gasteiger partial charge on any atom is -0.456 e. The average molecular weight is 587 g/mol. The zero-order valence-electron chi connectivity index (χ0n) is 25.3. The SMILES string of the molecule is C=C/C=C\C=C(/c1ccc2c(c1)Oc1cccc3cccc-2c13)C1(c2ccccc2)c2ccccc2-c2ccc3ccccc3c21. The van der Waals surface area contributed by atoms with Gasteiger partial charge in [0.1, 0.15) is 11.5 Å². The lowest BCUT2D eigenvalue weighted by Gasteiger charge is -2.37. The molecule has 0 bridgehead atoms. The molecule has 1 unspecified atom stereocenters. The van der Waals surface area contributed by atoms with E-state index in [4.69, 9.17) is 4.74 Å². The van der Waals surface area contributed by atoms with E-state index in [2.05, 4.69) is 164 Å². The van der Waals surface area contributed by atoms with Crippen LogP contribution in [0.15, 0.2) is 176 Å².